The summed E-state index contributed by atoms with van der Waals surface area (Å²) < 4.78 is 36.8. The van der Waals surface area contributed by atoms with E-state index in [-0.39, 0.29) is 12.2 Å². The highest BCUT2D eigenvalue weighted by Gasteiger charge is 2.29. The van der Waals surface area contributed by atoms with Gasteiger partial charge in [0.15, 0.2) is 0 Å². The van der Waals surface area contributed by atoms with Crippen molar-refractivity contribution in [2.24, 2.45) is 0 Å². The third-order valence-corrected chi connectivity index (χ3v) is 2.88. The van der Waals surface area contributed by atoms with E-state index in [4.69, 9.17) is 0 Å². The van der Waals surface area contributed by atoms with Crippen molar-refractivity contribution >= 4 is 17.5 Å². The second kappa shape index (κ2) is 6.10. The lowest BCUT2D eigenvalue weighted by Crippen LogP contribution is -2.06. The van der Waals surface area contributed by atoms with Gasteiger partial charge in [0.1, 0.15) is 5.78 Å². The fourth-order valence-electron chi connectivity index (χ4n) is 1.34. The normalized spacial score (nSPS) is 11.5. The molecule has 0 heterocycles. The van der Waals surface area contributed by atoms with Crippen LogP contribution in [-0.4, -0.2) is 17.8 Å². The molecule has 0 atom stereocenters. The number of hydrogen-bond acceptors (Lipinski definition) is 2. The van der Waals surface area contributed by atoms with E-state index in [1.54, 1.807) is 11.8 Å². The molecule has 0 saturated carbocycles. The van der Waals surface area contributed by atoms with Crippen LogP contribution in [0.3, 0.4) is 0 Å². The molecule has 1 aromatic rings. The molecule has 0 aliphatic rings. The predicted octanol–water partition coefficient (Wildman–Crippen LogP) is 3.57. The Balaban J connectivity index is 2.60. The van der Waals surface area contributed by atoms with Gasteiger partial charge in [-0.05, 0) is 29.7 Å². The monoisotopic (exact) mass is 262 g/mol. The van der Waals surface area contributed by atoms with Crippen LogP contribution in [0.5, 0.6) is 0 Å². The fraction of sp³-hybridized carbons (Fsp3) is 0.417. The molecule has 0 N–H and O–H groups in total. The van der Waals surface area contributed by atoms with Gasteiger partial charge < -0.3 is 0 Å². The Morgan fingerprint density at radius 1 is 1.24 bits per heavy atom. The summed E-state index contributed by atoms with van der Waals surface area (Å²) in [6.45, 7) is 0. The fourth-order valence-corrected chi connectivity index (χ4v) is 1.78. The van der Waals surface area contributed by atoms with Gasteiger partial charge in [-0.1, -0.05) is 12.1 Å². The molecule has 0 fully saturated rings. The van der Waals surface area contributed by atoms with Gasteiger partial charge in [0.05, 0.1) is 5.56 Å². The number of Topliss-reactive ketones (excluding diaryl/α,β-unsaturated/α-hetero) is 1. The Morgan fingerprint density at radius 3 is 2.29 bits per heavy atom. The van der Waals surface area contributed by atoms with Crippen LogP contribution in [0.2, 0.25) is 0 Å². The number of carbonyl (C=O) groups excluding carboxylic acids is 1. The molecule has 1 aromatic carbocycles. The molecule has 1 rings (SSSR count). The van der Waals surface area contributed by atoms with Crippen LogP contribution in [0.4, 0.5) is 13.2 Å². The first-order chi connectivity index (χ1) is 7.93. The van der Waals surface area contributed by atoms with Gasteiger partial charge in [0.2, 0.25) is 0 Å². The lowest BCUT2D eigenvalue weighted by atomic mass is 10.1. The minimum atomic E-state index is -4.32. The Labute approximate surface area is 102 Å². The molecule has 0 spiro atoms. The molecule has 0 unspecified atom stereocenters. The first kappa shape index (κ1) is 14.1. The number of rotatable bonds is 5. The molecular weight excluding hydrogens is 249 g/mol. The zero-order valence-corrected chi connectivity index (χ0v) is 10.2. The maximum Gasteiger partial charge on any atom is 0.416 e. The van der Waals surface area contributed by atoms with Gasteiger partial charge in [-0.15, -0.1) is 0 Å². The van der Waals surface area contributed by atoms with Crippen molar-refractivity contribution in [2.45, 2.75) is 19.0 Å². The maximum absolute atomic E-state index is 12.3. The number of halogens is 3. The van der Waals surface area contributed by atoms with Crippen molar-refractivity contribution in [2.75, 3.05) is 12.0 Å². The Kier molecular flexibility index (Phi) is 5.05. The van der Waals surface area contributed by atoms with E-state index in [0.29, 0.717) is 12.0 Å². The van der Waals surface area contributed by atoms with Crippen molar-refractivity contribution in [3.05, 3.63) is 35.4 Å². The number of benzene rings is 1. The highest BCUT2D eigenvalue weighted by atomic mass is 32.2. The first-order valence-corrected chi connectivity index (χ1v) is 6.49. The summed E-state index contributed by atoms with van der Waals surface area (Å²) in [6.07, 6.45) is -1.74. The van der Waals surface area contributed by atoms with E-state index in [1.807, 2.05) is 6.26 Å². The van der Waals surface area contributed by atoms with Crippen LogP contribution in [0.1, 0.15) is 17.5 Å². The van der Waals surface area contributed by atoms with Crippen LogP contribution >= 0.6 is 11.8 Å². The average molecular weight is 262 g/mol. The van der Waals surface area contributed by atoms with Crippen LogP contribution in [0.25, 0.3) is 0 Å². The highest BCUT2D eigenvalue weighted by molar-refractivity contribution is 7.98. The number of ketones is 1. The van der Waals surface area contributed by atoms with Crippen molar-refractivity contribution in [3.63, 3.8) is 0 Å². The van der Waals surface area contributed by atoms with Crippen molar-refractivity contribution in [1.82, 2.24) is 0 Å². The molecule has 17 heavy (non-hydrogen) atoms. The molecule has 0 amide bonds. The van der Waals surface area contributed by atoms with Crippen LogP contribution < -0.4 is 0 Å². The van der Waals surface area contributed by atoms with Crippen molar-refractivity contribution in [1.29, 1.82) is 0 Å². The number of alkyl halides is 3. The summed E-state index contributed by atoms with van der Waals surface area (Å²) >= 11 is 1.58. The third-order valence-electron chi connectivity index (χ3n) is 2.27. The molecular formula is C12H13F3OS. The second-order valence-corrected chi connectivity index (χ2v) is 4.64. The SMILES string of the molecule is CSCCC(=O)Cc1ccc(C(F)(F)F)cc1. The summed E-state index contributed by atoms with van der Waals surface area (Å²) in [5.41, 5.74) is -0.0538. The van der Waals surface area contributed by atoms with E-state index in [2.05, 4.69) is 0 Å². The predicted molar refractivity (Wildman–Crippen MR) is 63.2 cm³/mol. The summed E-state index contributed by atoms with van der Waals surface area (Å²) in [7, 11) is 0. The number of hydrogen-bond donors (Lipinski definition) is 0. The molecule has 1 nitrogen and oxygen atoms in total. The average Bonchev–Trinajstić information content (AvgIpc) is 2.26. The third kappa shape index (κ3) is 4.81. The van der Waals surface area contributed by atoms with Gasteiger partial charge in [0.25, 0.3) is 0 Å². The first-order valence-electron chi connectivity index (χ1n) is 5.10. The Hall–Kier alpha value is -0.970. The summed E-state index contributed by atoms with van der Waals surface area (Å²) in [5, 5.41) is 0. The lowest BCUT2D eigenvalue weighted by molar-refractivity contribution is -0.137. The van der Waals surface area contributed by atoms with Crippen molar-refractivity contribution < 1.29 is 18.0 Å². The van der Waals surface area contributed by atoms with Crippen molar-refractivity contribution in [3.8, 4) is 0 Å². The number of carbonyl (C=O) groups is 1. The standard InChI is InChI=1S/C12H13F3OS/c1-17-7-6-11(16)8-9-2-4-10(5-3-9)12(13,14)15/h2-5H,6-8H2,1H3. The largest absolute Gasteiger partial charge is 0.416 e. The smallest absolute Gasteiger partial charge is 0.299 e. The second-order valence-electron chi connectivity index (χ2n) is 3.65. The molecule has 0 bridgehead atoms. The molecule has 0 aliphatic carbocycles. The van der Waals surface area contributed by atoms with Crippen LogP contribution in [0, 0.1) is 0 Å². The molecule has 0 radical (unpaired) electrons. The van der Waals surface area contributed by atoms with Crippen LogP contribution in [0.15, 0.2) is 24.3 Å². The van der Waals surface area contributed by atoms with E-state index in [9.17, 15) is 18.0 Å². The van der Waals surface area contributed by atoms with Crippen LogP contribution in [-0.2, 0) is 17.4 Å². The molecule has 0 aromatic heterocycles. The summed E-state index contributed by atoms with van der Waals surface area (Å²) in [6, 6.07) is 4.74. The van der Waals surface area contributed by atoms with E-state index in [0.717, 1.165) is 17.9 Å². The van der Waals surface area contributed by atoms with E-state index >= 15 is 0 Å². The van der Waals surface area contributed by atoms with Gasteiger partial charge in [-0.3, -0.25) is 4.79 Å². The zero-order chi connectivity index (χ0) is 12.9. The molecule has 94 valence electrons. The van der Waals surface area contributed by atoms with E-state index < -0.39 is 11.7 Å². The lowest BCUT2D eigenvalue weighted by Gasteiger charge is -2.07. The summed E-state index contributed by atoms with van der Waals surface area (Å²) in [5.74, 6) is 0.804. The molecule has 5 heteroatoms. The summed E-state index contributed by atoms with van der Waals surface area (Å²) in [4.78, 5) is 11.4. The Morgan fingerprint density at radius 2 is 1.82 bits per heavy atom. The topological polar surface area (TPSA) is 17.1 Å². The van der Waals surface area contributed by atoms with E-state index in [1.165, 1.54) is 12.1 Å². The van der Waals surface area contributed by atoms with Gasteiger partial charge in [-0.2, -0.15) is 24.9 Å². The quantitative estimate of drug-likeness (QED) is 0.807. The number of thioether (sulfide) groups is 1. The minimum absolute atomic E-state index is 0.0547. The molecule has 0 aliphatic heterocycles. The van der Waals surface area contributed by atoms with Gasteiger partial charge in [0, 0.05) is 12.8 Å². The minimum Gasteiger partial charge on any atom is -0.299 e. The van der Waals surface area contributed by atoms with Gasteiger partial charge in [-0.25, -0.2) is 0 Å². The maximum atomic E-state index is 12.3. The Bertz CT molecular complexity index is 370. The van der Waals surface area contributed by atoms with Gasteiger partial charge >= 0.3 is 6.18 Å². The molecule has 0 saturated heterocycles. The zero-order valence-electron chi connectivity index (χ0n) is 9.38. The highest BCUT2D eigenvalue weighted by Crippen LogP contribution is 2.29.